The largest absolute Gasteiger partial charge is 0.366 e. The fraction of sp³-hybridized carbons (Fsp3) is 0.417. The average Bonchev–Trinajstić information content (AvgIpc) is 2.66. The van der Waals surface area contributed by atoms with E-state index in [1.54, 1.807) is 6.07 Å². The highest BCUT2D eigenvalue weighted by atomic mass is 79.9. The number of nitrogens with zero attached hydrogens (tertiary/aromatic N) is 1. The van der Waals surface area contributed by atoms with E-state index in [-0.39, 0.29) is 17.8 Å². The van der Waals surface area contributed by atoms with Crippen molar-refractivity contribution in [1.82, 2.24) is 0 Å². The number of rotatable bonds is 0. The van der Waals surface area contributed by atoms with E-state index in [0.29, 0.717) is 16.6 Å². The summed E-state index contributed by atoms with van der Waals surface area (Å²) >= 11 is 3.15. The summed E-state index contributed by atoms with van der Waals surface area (Å²) in [6.07, 6.45) is 2.56. The Bertz CT molecular complexity index is 492. The van der Waals surface area contributed by atoms with E-state index in [4.69, 9.17) is 0 Å². The van der Waals surface area contributed by atoms with Gasteiger partial charge in [-0.1, -0.05) is 0 Å². The number of anilines is 2. The van der Waals surface area contributed by atoms with Crippen LogP contribution < -0.4 is 10.2 Å². The zero-order valence-corrected chi connectivity index (χ0v) is 10.8. The number of nitrogens with one attached hydrogen (secondary N) is 1. The molecule has 0 saturated carbocycles. The van der Waals surface area contributed by atoms with Crippen LogP contribution in [0.15, 0.2) is 16.6 Å². The van der Waals surface area contributed by atoms with Crippen LogP contribution in [0.2, 0.25) is 0 Å². The smallest absolute Gasteiger partial charge is 0.226 e. The molecule has 1 amide bonds. The fourth-order valence-electron chi connectivity index (χ4n) is 2.65. The predicted octanol–water partition coefficient (Wildman–Crippen LogP) is 2.90. The lowest BCUT2D eigenvalue weighted by molar-refractivity contribution is -0.116. The molecule has 17 heavy (non-hydrogen) atoms. The minimum atomic E-state index is -0.287. The lowest BCUT2D eigenvalue weighted by Crippen LogP contribution is -2.29. The first kappa shape index (κ1) is 11.0. The molecule has 1 fully saturated rings. The van der Waals surface area contributed by atoms with E-state index in [1.807, 2.05) is 0 Å². The molecule has 90 valence electrons. The maximum absolute atomic E-state index is 13.6. The quantitative estimate of drug-likeness (QED) is 0.799. The highest BCUT2D eigenvalue weighted by Gasteiger charge is 2.32. The fourth-order valence-corrected chi connectivity index (χ4v) is 3.00. The molecule has 3 nitrogen and oxygen atoms in total. The number of benzene rings is 1. The summed E-state index contributed by atoms with van der Waals surface area (Å²) < 4.78 is 14.0. The SMILES string of the molecule is O=C1CC2CCCN2c2cc(F)c(Br)cc2N1. The van der Waals surface area contributed by atoms with Gasteiger partial charge in [-0.25, -0.2) is 4.39 Å². The zero-order chi connectivity index (χ0) is 12.0. The monoisotopic (exact) mass is 298 g/mol. The third-order valence-electron chi connectivity index (χ3n) is 3.42. The van der Waals surface area contributed by atoms with Gasteiger partial charge in [-0.2, -0.15) is 0 Å². The summed E-state index contributed by atoms with van der Waals surface area (Å²) in [4.78, 5) is 13.9. The number of carbonyl (C=O) groups is 1. The Morgan fingerprint density at radius 3 is 3.12 bits per heavy atom. The normalized spacial score (nSPS) is 22.8. The average molecular weight is 299 g/mol. The van der Waals surface area contributed by atoms with Crippen LogP contribution in [0.1, 0.15) is 19.3 Å². The Kier molecular flexibility index (Phi) is 2.58. The minimum Gasteiger partial charge on any atom is -0.366 e. The van der Waals surface area contributed by atoms with Crippen LogP contribution in [-0.2, 0) is 4.79 Å². The zero-order valence-electron chi connectivity index (χ0n) is 9.17. The van der Waals surface area contributed by atoms with E-state index >= 15 is 0 Å². The molecule has 5 heteroatoms. The maximum atomic E-state index is 13.6. The second-order valence-corrected chi connectivity index (χ2v) is 5.38. The molecule has 1 atom stereocenters. The molecule has 1 aromatic carbocycles. The van der Waals surface area contributed by atoms with Gasteiger partial charge in [0.05, 0.1) is 15.8 Å². The molecule has 1 N–H and O–H groups in total. The van der Waals surface area contributed by atoms with Crippen molar-refractivity contribution in [3.63, 3.8) is 0 Å². The van der Waals surface area contributed by atoms with Crippen LogP contribution in [0, 0.1) is 5.82 Å². The molecule has 2 aliphatic heterocycles. The van der Waals surface area contributed by atoms with Gasteiger partial charge in [0.2, 0.25) is 5.91 Å². The van der Waals surface area contributed by atoms with Crippen molar-refractivity contribution in [3.8, 4) is 0 Å². The predicted molar refractivity (Wildman–Crippen MR) is 67.7 cm³/mol. The van der Waals surface area contributed by atoms with E-state index in [0.717, 1.165) is 25.1 Å². The number of amides is 1. The molecular weight excluding hydrogens is 287 g/mol. The van der Waals surface area contributed by atoms with Crippen molar-refractivity contribution < 1.29 is 9.18 Å². The van der Waals surface area contributed by atoms with Crippen LogP contribution in [0.3, 0.4) is 0 Å². The van der Waals surface area contributed by atoms with Gasteiger partial charge in [0.1, 0.15) is 5.82 Å². The topological polar surface area (TPSA) is 32.3 Å². The number of hydrogen-bond acceptors (Lipinski definition) is 2. The third-order valence-corrected chi connectivity index (χ3v) is 4.03. The standard InChI is InChI=1S/C12H12BrFN2O/c13-8-5-10-11(6-9(8)14)16-3-1-2-7(16)4-12(17)15-10/h5-7H,1-4H2,(H,15,17). The van der Waals surface area contributed by atoms with Gasteiger partial charge in [-0.3, -0.25) is 4.79 Å². The van der Waals surface area contributed by atoms with Crippen LogP contribution in [0.25, 0.3) is 0 Å². The Balaban J connectivity index is 2.13. The summed E-state index contributed by atoms with van der Waals surface area (Å²) in [6, 6.07) is 3.36. The summed E-state index contributed by atoms with van der Waals surface area (Å²) in [5.74, 6) is -0.273. The Morgan fingerprint density at radius 2 is 2.29 bits per heavy atom. The summed E-state index contributed by atoms with van der Waals surface area (Å²) in [5.41, 5.74) is 1.51. The number of hydrogen-bond donors (Lipinski definition) is 1. The van der Waals surface area contributed by atoms with Gasteiger partial charge in [-0.15, -0.1) is 0 Å². The van der Waals surface area contributed by atoms with Gasteiger partial charge < -0.3 is 10.2 Å². The third kappa shape index (κ3) is 1.82. The Morgan fingerprint density at radius 1 is 1.47 bits per heavy atom. The maximum Gasteiger partial charge on any atom is 0.226 e. The molecule has 2 heterocycles. The Labute approximate surface area is 107 Å². The van der Waals surface area contributed by atoms with Gasteiger partial charge in [-0.05, 0) is 34.8 Å². The van der Waals surface area contributed by atoms with Crippen LogP contribution in [-0.4, -0.2) is 18.5 Å². The number of fused-ring (bicyclic) bond motifs is 3. The van der Waals surface area contributed by atoms with Crippen LogP contribution >= 0.6 is 15.9 Å². The molecule has 1 saturated heterocycles. The van der Waals surface area contributed by atoms with E-state index in [2.05, 4.69) is 26.1 Å². The first-order chi connectivity index (χ1) is 8.15. The molecule has 1 aromatic rings. The van der Waals surface area contributed by atoms with E-state index in [9.17, 15) is 9.18 Å². The summed E-state index contributed by atoms with van der Waals surface area (Å²) in [7, 11) is 0. The van der Waals surface area contributed by atoms with Crippen molar-refractivity contribution in [2.75, 3.05) is 16.8 Å². The minimum absolute atomic E-state index is 0.0131. The van der Waals surface area contributed by atoms with Crippen molar-refractivity contribution in [2.45, 2.75) is 25.3 Å². The molecule has 0 bridgehead atoms. The molecule has 1 unspecified atom stereocenters. The van der Waals surface area contributed by atoms with Gasteiger partial charge in [0, 0.05) is 25.1 Å². The van der Waals surface area contributed by atoms with E-state index < -0.39 is 0 Å². The van der Waals surface area contributed by atoms with E-state index in [1.165, 1.54) is 6.07 Å². The first-order valence-electron chi connectivity index (χ1n) is 5.70. The molecule has 0 radical (unpaired) electrons. The van der Waals surface area contributed by atoms with Gasteiger partial charge >= 0.3 is 0 Å². The van der Waals surface area contributed by atoms with Crippen molar-refractivity contribution in [3.05, 3.63) is 22.4 Å². The lowest BCUT2D eigenvalue weighted by atomic mass is 10.1. The first-order valence-corrected chi connectivity index (χ1v) is 6.50. The lowest BCUT2D eigenvalue weighted by Gasteiger charge is -2.25. The molecular formula is C12H12BrFN2O. The molecule has 0 aliphatic carbocycles. The Hall–Kier alpha value is -1.10. The number of carbonyl (C=O) groups excluding carboxylic acids is 1. The molecule has 2 aliphatic rings. The van der Waals surface area contributed by atoms with Crippen LogP contribution in [0.4, 0.5) is 15.8 Å². The molecule has 0 aromatic heterocycles. The van der Waals surface area contributed by atoms with Crippen LogP contribution in [0.5, 0.6) is 0 Å². The van der Waals surface area contributed by atoms with Crippen molar-refractivity contribution in [1.29, 1.82) is 0 Å². The van der Waals surface area contributed by atoms with Crippen molar-refractivity contribution in [2.24, 2.45) is 0 Å². The number of halogens is 2. The highest BCUT2D eigenvalue weighted by molar-refractivity contribution is 9.10. The second-order valence-electron chi connectivity index (χ2n) is 4.53. The summed E-state index contributed by atoms with van der Waals surface area (Å²) in [6.45, 7) is 0.897. The van der Waals surface area contributed by atoms with Crippen molar-refractivity contribution >= 4 is 33.2 Å². The second kappa shape index (κ2) is 3.98. The highest BCUT2D eigenvalue weighted by Crippen LogP contribution is 2.38. The van der Waals surface area contributed by atoms with Gasteiger partial charge in [0.15, 0.2) is 0 Å². The van der Waals surface area contributed by atoms with Gasteiger partial charge in [0.25, 0.3) is 0 Å². The summed E-state index contributed by atoms with van der Waals surface area (Å²) in [5, 5.41) is 2.84. The molecule has 3 rings (SSSR count). The molecule has 0 spiro atoms.